The highest BCUT2D eigenvalue weighted by Crippen LogP contribution is 2.34. The van der Waals surface area contributed by atoms with Crippen LogP contribution in [0.25, 0.3) is 22.3 Å². The number of benzene rings is 3. The number of aromatic nitrogens is 1. The second kappa shape index (κ2) is 8.50. The first kappa shape index (κ1) is 21.6. The first-order valence-electron chi connectivity index (χ1n) is 10.3. The van der Waals surface area contributed by atoms with Crippen LogP contribution in [0.5, 0.6) is 0 Å². The topological polar surface area (TPSA) is 22.0 Å². The third-order valence-electron chi connectivity index (χ3n) is 5.61. The maximum Gasteiger partial charge on any atom is 0.416 e. The molecule has 0 aliphatic carbocycles. The highest BCUT2D eigenvalue weighted by Gasteiger charge is 2.30. The lowest BCUT2D eigenvalue weighted by Crippen LogP contribution is -2.03. The van der Waals surface area contributed by atoms with E-state index < -0.39 is 11.7 Å². The number of hydrogen-bond donors (Lipinski definition) is 0. The van der Waals surface area contributed by atoms with Crippen molar-refractivity contribution in [3.63, 3.8) is 0 Å². The molecule has 0 aliphatic heterocycles. The molecule has 0 saturated heterocycles. The molecule has 32 heavy (non-hydrogen) atoms. The molecule has 0 atom stereocenters. The maximum absolute atomic E-state index is 12.9. The van der Waals surface area contributed by atoms with Gasteiger partial charge in [0, 0.05) is 29.6 Å². The molecular weight excluding hydrogens is 411 g/mol. The molecule has 2 nitrogen and oxygen atoms in total. The molecule has 4 aromatic rings. The van der Waals surface area contributed by atoms with Gasteiger partial charge in [-0.15, -0.1) is 0 Å². The fourth-order valence-corrected chi connectivity index (χ4v) is 3.98. The van der Waals surface area contributed by atoms with E-state index in [1.54, 1.807) is 6.92 Å². The maximum atomic E-state index is 12.9. The normalized spacial score (nSPS) is 11.5. The monoisotopic (exact) mass is 433 g/mol. The summed E-state index contributed by atoms with van der Waals surface area (Å²) in [4.78, 5) is 12.5. The van der Waals surface area contributed by atoms with Gasteiger partial charge in [0.1, 0.15) is 0 Å². The summed E-state index contributed by atoms with van der Waals surface area (Å²) in [7, 11) is 0. The smallest absolute Gasteiger partial charge is 0.346 e. The molecule has 0 N–H and O–H groups in total. The van der Waals surface area contributed by atoms with Crippen molar-refractivity contribution in [3.05, 3.63) is 107 Å². The molecule has 0 fully saturated rings. The Labute approximate surface area is 185 Å². The first-order chi connectivity index (χ1) is 15.2. The molecule has 162 valence electrons. The molecule has 5 heteroatoms. The molecule has 0 aliphatic rings. The fourth-order valence-electron chi connectivity index (χ4n) is 3.98. The zero-order chi connectivity index (χ0) is 22.9. The molecule has 3 aromatic carbocycles. The van der Waals surface area contributed by atoms with Crippen molar-refractivity contribution in [2.75, 3.05) is 0 Å². The SMILES string of the molecule is CC(=O)c1c(-c2cccc(-c3ccc(C(F)(F)F)cc3)c2)cn(Cc2ccccc2)c1C. The zero-order valence-electron chi connectivity index (χ0n) is 17.8. The quantitative estimate of drug-likeness (QED) is 0.301. The lowest BCUT2D eigenvalue weighted by atomic mass is 9.96. The largest absolute Gasteiger partial charge is 0.416 e. The van der Waals surface area contributed by atoms with Crippen LogP contribution in [-0.4, -0.2) is 10.4 Å². The number of alkyl halides is 3. The van der Waals surface area contributed by atoms with Crippen LogP contribution in [0, 0.1) is 6.92 Å². The van der Waals surface area contributed by atoms with E-state index in [0.29, 0.717) is 17.7 Å². The number of hydrogen-bond acceptors (Lipinski definition) is 1. The second-order valence-electron chi connectivity index (χ2n) is 7.83. The number of carbonyl (C=O) groups excluding carboxylic acids is 1. The molecule has 0 unspecified atom stereocenters. The molecule has 4 rings (SSSR count). The predicted molar refractivity (Wildman–Crippen MR) is 121 cm³/mol. The minimum Gasteiger partial charge on any atom is -0.346 e. The number of rotatable bonds is 5. The van der Waals surface area contributed by atoms with Crippen LogP contribution in [0.1, 0.15) is 34.1 Å². The second-order valence-corrected chi connectivity index (χ2v) is 7.83. The van der Waals surface area contributed by atoms with Crippen LogP contribution in [0.3, 0.4) is 0 Å². The summed E-state index contributed by atoms with van der Waals surface area (Å²) in [6.45, 7) is 4.13. The minimum absolute atomic E-state index is 0.0238. The van der Waals surface area contributed by atoms with Crippen molar-refractivity contribution in [1.82, 2.24) is 4.57 Å². The Kier molecular flexibility index (Phi) is 5.74. The number of halogens is 3. The van der Waals surface area contributed by atoms with Gasteiger partial charge < -0.3 is 4.57 Å². The van der Waals surface area contributed by atoms with E-state index in [4.69, 9.17) is 0 Å². The third kappa shape index (κ3) is 4.37. The molecule has 0 bridgehead atoms. The van der Waals surface area contributed by atoms with Gasteiger partial charge >= 0.3 is 6.18 Å². The Morgan fingerprint density at radius 1 is 0.844 bits per heavy atom. The van der Waals surface area contributed by atoms with E-state index >= 15 is 0 Å². The number of carbonyl (C=O) groups is 1. The van der Waals surface area contributed by atoms with Gasteiger partial charge in [-0.2, -0.15) is 13.2 Å². The highest BCUT2D eigenvalue weighted by atomic mass is 19.4. The van der Waals surface area contributed by atoms with Gasteiger partial charge in [0.05, 0.1) is 5.56 Å². The van der Waals surface area contributed by atoms with Crippen molar-refractivity contribution in [2.45, 2.75) is 26.6 Å². The Hall–Kier alpha value is -3.60. The molecule has 1 aromatic heterocycles. The van der Waals surface area contributed by atoms with Gasteiger partial charge in [-0.25, -0.2) is 0 Å². The average molecular weight is 433 g/mol. The summed E-state index contributed by atoms with van der Waals surface area (Å²) in [5, 5.41) is 0. The zero-order valence-corrected chi connectivity index (χ0v) is 17.8. The molecule has 0 amide bonds. The molecular formula is C27H22F3NO. The molecule has 1 heterocycles. The van der Waals surface area contributed by atoms with Crippen molar-refractivity contribution < 1.29 is 18.0 Å². The van der Waals surface area contributed by atoms with Crippen molar-refractivity contribution in [1.29, 1.82) is 0 Å². The van der Waals surface area contributed by atoms with Crippen LogP contribution in [0.4, 0.5) is 13.2 Å². The Bertz CT molecular complexity index is 1250. The summed E-state index contributed by atoms with van der Waals surface area (Å²) in [6.07, 6.45) is -2.39. The number of ketones is 1. The number of nitrogens with zero attached hydrogens (tertiary/aromatic N) is 1. The number of Topliss-reactive ketones (excluding diaryl/α,β-unsaturated/α-hetero) is 1. The van der Waals surface area contributed by atoms with Crippen molar-refractivity contribution in [3.8, 4) is 22.3 Å². The van der Waals surface area contributed by atoms with Gasteiger partial charge in [0.25, 0.3) is 0 Å². The van der Waals surface area contributed by atoms with Crippen LogP contribution >= 0.6 is 0 Å². The summed E-state index contributed by atoms with van der Waals surface area (Å²) in [5.41, 5.74) is 5.14. The van der Waals surface area contributed by atoms with Crippen LogP contribution in [0.2, 0.25) is 0 Å². The molecule has 0 radical (unpaired) electrons. The van der Waals surface area contributed by atoms with E-state index in [1.165, 1.54) is 12.1 Å². The summed E-state index contributed by atoms with van der Waals surface area (Å²) < 4.78 is 40.7. The Balaban J connectivity index is 1.74. The van der Waals surface area contributed by atoms with Gasteiger partial charge in [-0.05, 0) is 54.3 Å². The average Bonchev–Trinajstić information content (AvgIpc) is 3.10. The lowest BCUT2D eigenvalue weighted by molar-refractivity contribution is -0.137. The Morgan fingerprint density at radius 2 is 1.50 bits per heavy atom. The first-order valence-corrected chi connectivity index (χ1v) is 10.3. The fraction of sp³-hybridized carbons (Fsp3) is 0.148. The van der Waals surface area contributed by atoms with Gasteiger partial charge in [-0.3, -0.25) is 4.79 Å². The molecule has 0 spiro atoms. The van der Waals surface area contributed by atoms with E-state index in [1.807, 2.05) is 67.7 Å². The standard InChI is InChI=1S/C27H22F3NO/c1-18-26(19(2)32)25(17-31(18)16-20-7-4-3-5-8-20)23-10-6-9-22(15-23)21-11-13-24(14-12-21)27(28,29)30/h3-15,17H,16H2,1-2H3. The van der Waals surface area contributed by atoms with Crippen LogP contribution < -0.4 is 0 Å². The van der Waals surface area contributed by atoms with Crippen molar-refractivity contribution >= 4 is 5.78 Å². The van der Waals surface area contributed by atoms with E-state index in [0.717, 1.165) is 40.1 Å². The van der Waals surface area contributed by atoms with E-state index in [9.17, 15) is 18.0 Å². The van der Waals surface area contributed by atoms with E-state index in [-0.39, 0.29) is 5.78 Å². The molecule has 0 saturated carbocycles. The summed E-state index contributed by atoms with van der Waals surface area (Å²) in [5.74, 6) is -0.0238. The third-order valence-corrected chi connectivity index (χ3v) is 5.61. The lowest BCUT2D eigenvalue weighted by Gasteiger charge is -2.09. The van der Waals surface area contributed by atoms with Crippen LogP contribution in [0.15, 0.2) is 85.1 Å². The van der Waals surface area contributed by atoms with Gasteiger partial charge in [0.2, 0.25) is 0 Å². The van der Waals surface area contributed by atoms with Crippen molar-refractivity contribution in [2.24, 2.45) is 0 Å². The minimum atomic E-state index is -4.37. The highest BCUT2D eigenvalue weighted by molar-refractivity contribution is 6.02. The Morgan fingerprint density at radius 3 is 2.12 bits per heavy atom. The summed E-state index contributed by atoms with van der Waals surface area (Å²) in [6, 6.07) is 22.7. The predicted octanol–water partition coefficient (Wildman–Crippen LogP) is 7.40. The van der Waals surface area contributed by atoms with E-state index in [2.05, 4.69) is 4.57 Å². The summed E-state index contributed by atoms with van der Waals surface area (Å²) >= 11 is 0. The van der Waals surface area contributed by atoms with Gasteiger partial charge in [0.15, 0.2) is 5.78 Å². The van der Waals surface area contributed by atoms with Crippen LogP contribution in [-0.2, 0) is 12.7 Å². The van der Waals surface area contributed by atoms with Gasteiger partial charge in [-0.1, -0.05) is 60.7 Å².